The van der Waals surface area contributed by atoms with Crippen molar-refractivity contribution >= 4 is 11.7 Å². The number of nitrogens with one attached hydrogen (secondary N) is 1. The summed E-state index contributed by atoms with van der Waals surface area (Å²) in [6, 6.07) is -0.615. The maximum Gasteiger partial charge on any atom is 0.332 e. The van der Waals surface area contributed by atoms with Crippen LogP contribution < -0.4 is 11.2 Å². The van der Waals surface area contributed by atoms with Crippen molar-refractivity contribution in [2.24, 2.45) is 22.7 Å². The number of urea groups is 1. The van der Waals surface area contributed by atoms with Gasteiger partial charge in [-0.15, -0.1) is 0 Å². The number of amides is 2. The number of fused-ring (bicyclic) bond motifs is 1. The molecule has 2 atom stereocenters. The minimum atomic E-state index is -0.615. The van der Waals surface area contributed by atoms with Crippen LogP contribution in [0.1, 0.15) is 6.42 Å². The fourth-order valence-corrected chi connectivity index (χ4v) is 1.49. The first-order chi connectivity index (χ1) is 6.27. The molecule has 0 aromatic heterocycles. The van der Waals surface area contributed by atoms with E-state index in [4.69, 9.17) is 5.73 Å². The summed E-state index contributed by atoms with van der Waals surface area (Å²) in [5.41, 5.74) is 8.07. The van der Waals surface area contributed by atoms with Gasteiger partial charge in [-0.3, -0.25) is 0 Å². The number of hydrogen-bond donors (Lipinski definition) is 2. The normalized spacial score (nSPS) is 32.5. The van der Waals surface area contributed by atoms with Crippen LogP contribution in [-0.2, 0) is 0 Å². The SMILES string of the molecule is NC(=O)N/N=C1\C=CC=C[C@@H]2C[C@H]12. The summed E-state index contributed by atoms with van der Waals surface area (Å²) in [6.45, 7) is 0. The van der Waals surface area contributed by atoms with E-state index in [1.807, 2.05) is 18.2 Å². The van der Waals surface area contributed by atoms with Crippen molar-refractivity contribution in [3.8, 4) is 0 Å². The highest BCUT2D eigenvalue weighted by molar-refractivity contribution is 6.00. The lowest BCUT2D eigenvalue weighted by Crippen LogP contribution is -2.25. The minimum absolute atomic E-state index is 0.474. The monoisotopic (exact) mass is 177 g/mol. The number of rotatable bonds is 1. The van der Waals surface area contributed by atoms with Crippen LogP contribution in [0.15, 0.2) is 29.4 Å². The Balaban J connectivity index is 2.07. The number of carbonyl (C=O) groups is 1. The fraction of sp³-hybridized carbons (Fsp3) is 0.333. The van der Waals surface area contributed by atoms with Crippen molar-refractivity contribution in [3.63, 3.8) is 0 Å². The molecular weight excluding hydrogens is 166 g/mol. The van der Waals surface area contributed by atoms with Gasteiger partial charge in [0.2, 0.25) is 0 Å². The number of hydrogen-bond acceptors (Lipinski definition) is 2. The molecule has 0 heterocycles. The molecule has 2 aliphatic rings. The zero-order valence-electron chi connectivity index (χ0n) is 7.10. The van der Waals surface area contributed by atoms with Gasteiger partial charge >= 0.3 is 6.03 Å². The van der Waals surface area contributed by atoms with E-state index >= 15 is 0 Å². The Morgan fingerprint density at radius 3 is 3.23 bits per heavy atom. The van der Waals surface area contributed by atoms with Crippen molar-refractivity contribution < 1.29 is 4.79 Å². The Morgan fingerprint density at radius 2 is 2.46 bits per heavy atom. The molecule has 0 spiro atoms. The van der Waals surface area contributed by atoms with Crippen molar-refractivity contribution in [2.75, 3.05) is 0 Å². The van der Waals surface area contributed by atoms with Crippen molar-refractivity contribution in [1.29, 1.82) is 0 Å². The molecule has 68 valence electrons. The smallest absolute Gasteiger partial charge is 0.332 e. The number of nitrogens with zero attached hydrogens (tertiary/aromatic N) is 1. The third-order valence-electron chi connectivity index (χ3n) is 2.25. The van der Waals surface area contributed by atoms with E-state index in [9.17, 15) is 4.79 Å². The van der Waals surface area contributed by atoms with Crippen LogP contribution in [0.2, 0.25) is 0 Å². The second-order valence-electron chi connectivity index (χ2n) is 3.26. The van der Waals surface area contributed by atoms with E-state index in [-0.39, 0.29) is 0 Å². The molecule has 0 aromatic carbocycles. The fourth-order valence-electron chi connectivity index (χ4n) is 1.49. The van der Waals surface area contributed by atoms with Crippen LogP contribution in [0.3, 0.4) is 0 Å². The highest BCUT2D eigenvalue weighted by atomic mass is 16.2. The summed E-state index contributed by atoms with van der Waals surface area (Å²) in [7, 11) is 0. The highest BCUT2D eigenvalue weighted by Crippen LogP contribution is 2.42. The van der Waals surface area contributed by atoms with E-state index in [0.717, 1.165) is 12.1 Å². The van der Waals surface area contributed by atoms with Gasteiger partial charge in [-0.2, -0.15) is 5.10 Å². The predicted molar refractivity (Wildman–Crippen MR) is 50.0 cm³/mol. The van der Waals surface area contributed by atoms with Crippen LogP contribution >= 0.6 is 0 Å². The predicted octanol–water partition coefficient (Wildman–Crippen LogP) is 0.773. The van der Waals surface area contributed by atoms with Crippen LogP contribution in [0.5, 0.6) is 0 Å². The largest absolute Gasteiger partial charge is 0.350 e. The van der Waals surface area contributed by atoms with Crippen molar-refractivity contribution in [1.82, 2.24) is 5.43 Å². The molecule has 2 rings (SSSR count). The Hall–Kier alpha value is -1.58. The molecule has 0 unspecified atom stereocenters. The quantitative estimate of drug-likeness (QED) is 0.571. The summed E-state index contributed by atoms with van der Waals surface area (Å²) in [5, 5.41) is 3.93. The summed E-state index contributed by atoms with van der Waals surface area (Å²) >= 11 is 0. The van der Waals surface area contributed by atoms with Crippen molar-refractivity contribution in [2.45, 2.75) is 6.42 Å². The second-order valence-corrected chi connectivity index (χ2v) is 3.26. The first kappa shape index (κ1) is 8.04. The number of allylic oxidation sites excluding steroid dienone is 4. The van der Waals surface area contributed by atoms with Crippen LogP contribution in [0, 0.1) is 11.8 Å². The van der Waals surface area contributed by atoms with Gasteiger partial charge in [-0.1, -0.05) is 18.2 Å². The first-order valence-electron chi connectivity index (χ1n) is 4.25. The van der Waals surface area contributed by atoms with Crippen LogP contribution in [0.4, 0.5) is 4.79 Å². The summed E-state index contributed by atoms with van der Waals surface area (Å²) in [6.07, 6.45) is 9.13. The van der Waals surface area contributed by atoms with E-state index in [1.54, 1.807) is 0 Å². The topological polar surface area (TPSA) is 67.5 Å². The molecule has 2 amide bonds. The molecule has 0 aromatic rings. The van der Waals surface area contributed by atoms with Gasteiger partial charge < -0.3 is 5.73 Å². The Kier molecular flexibility index (Phi) is 1.88. The van der Waals surface area contributed by atoms with E-state index in [0.29, 0.717) is 11.8 Å². The molecule has 0 radical (unpaired) electrons. The standard InChI is InChI=1S/C9H11N3O/c10-9(13)12-11-8-4-2-1-3-6-5-7(6)8/h1-4,6-7H,5H2,(H3,10,12,13)/b11-8+/t6-,7+/m1/s1. The third-order valence-corrected chi connectivity index (χ3v) is 2.25. The number of hydrazone groups is 1. The molecule has 3 N–H and O–H groups in total. The molecule has 1 fully saturated rings. The molecule has 0 aliphatic heterocycles. The summed E-state index contributed by atoms with van der Waals surface area (Å²) in [4.78, 5) is 10.4. The first-order valence-corrected chi connectivity index (χ1v) is 4.25. The Labute approximate surface area is 76.2 Å². The molecule has 0 bridgehead atoms. The van der Waals surface area contributed by atoms with Gasteiger partial charge in [0.05, 0.1) is 5.71 Å². The van der Waals surface area contributed by atoms with Gasteiger partial charge in [0.15, 0.2) is 0 Å². The average molecular weight is 177 g/mol. The Bertz CT molecular complexity index is 317. The van der Waals surface area contributed by atoms with Gasteiger partial charge in [0.25, 0.3) is 0 Å². The lowest BCUT2D eigenvalue weighted by Gasteiger charge is -1.97. The van der Waals surface area contributed by atoms with Crippen LogP contribution in [0.25, 0.3) is 0 Å². The maximum absolute atomic E-state index is 10.4. The minimum Gasteiger partial charge on any atom is -0.350 e. The zero-order chi connectivity index (χ0) is 9.26. The summed E-state index contributed by atoms with van der Waals surface area (Å²) < 4.78 is 0. The molecule has 4 heteroatoms. The van der Waals surface area contributed by atoms with Gasteiger partial charge in [0, 0.05) is 5.92 Å². The molecule has 1 saturated carbocycles. The van der Waals surface area contributed by atoms with Crippen LogP contribution in [-0.4, -0.2) is 11.7 Å². The molecule has 4 nitrogen and oxygen atoms in total. The lowest BCUT2D eigenvalue weighted by atomic mass is 10.2. The van der Waals surface area contributed by atoms with E-state index < -0.39 is 6.03 Å². The highest BCUT2D eigenvalue weighted by Gasteiger charge is 2.38. The van der Waals surface area contributed by atoms with Gasteiger partial charge in [0.1, 0.15) is 0 Å². The number of nitrogens with two attached hydrogens (primary N) is 1. The Morgan fingerprint density at radius 1 is 1.62 bits per heavy atom. The third kappa shape index (κ3) is 1.77. The van der Waals surface area contributed by atoms with E-state index in [1.165, 1.54) is 0 Å². The van der Waals surface area contributed by atoms with Gasteiger partial charge in [-0.25, -0.2) is 10.2 Å². The lowest BCUT2D eigenvalue weighted by molar-refractivity contribution is 0.249. The number of carbonyl (C=O) groups excluding carboxylic acids is 1. The summed E-state index contributed by atoms with van der Waals surface area (Å²) in [5.74, 6) is 1.07. The maximum atomic E-state index is 10.4. The molecule has 0 saturated heterocycles. The average Bonchev–Trinajstić information content (AvgIpc) is 2.79. The molecular formula is C9H11N3O. The van der Waals surface area contributed by atoms with E-state index in [2.05, 4.69) is 16.6 Å². The number of primary amides is 1. The molecule has 13 heavy (non-hydrogen) atoms. The molecule has 2 aliphatic carbocycles. The van der Waals surface area contributed by atoms with Gasteiger partial charge in [-0.05, 0) is 18.4 Å². The second kappa shape index (κ2) is 3.05. The van der Waals surface area contributed by atoms with Crippen molar-refractivity contribution in [3.05, 3.63) is 24.3 Å². The zero-order valence-corrected chi connectivity index (χ0v) is 7.10.